The third-order valence-corrected chi connectivity index (χ3v) is 5.90. The molecule has 0 saturated heterocycles. The lowest BCUT2D eigenvalue weighted by Crippen LogP contribution is -2.43. The summed E-state index contributed by atoms with van der Waals surface area (Å²) in [5, 5.41) is 2.91. The predicted octanol–water partition coefficient (Wildman–Crippen LogP) is 2.60. The van der Waals surface area contributed by atoms with Gasteiger partial charge in [0.05, 0.1) is 5.75 Å². The van der Waals surface area contributed by atoms with Gasteiger partial charge in [-0.3, -0.25) is 4.79 Å². The van der Waals surface area contributed by atoms with Crippen molar-refractivity contribution in [2.45, 2.75) is 51.3 Å². The summed E-state index contributed by atoms with van der Waals surface area (Å²) in [6.45, 7) is 4.00. The molecule has 0 heterocycles. The van der Waals surface area contributed by atoms with Crippen LogP contribution in [-0.4, -0.2) is 26.1 Å². The summed E-state index contributed by atoms with van der Waals surface area (Å²) >= 11 is 0. The zero-order chi connectivity index (χ0) is 16.2. The van der Waals surface area contributed by atoms with Crippen molar-refractivity contribution in [1.82, 2.24) is 5.32 Å². The molecular formula is C17H25NO3S. The van der Waals surface area contributed by atoms with Crippen molar-refractivity contribution in [3.8, 4) is 0 Å². The molecule has 1 N–H and O–H groups in total. The molecule has 2 rings (SSSR count). The molecule has 1 saturated carbocycles. The fourth-order valence-electron chi connectivity index (χ4n) is 3.04. The van der Waals surface area contributed by atoms with E-state index in [2.05, 4.69) is 12.2 Å². The van der Waals surface area contributed by atoms with Gasteiger partial charge in [0, 0.05) is 6.04 Å². The quantitative estimate of drug-likeness (QED) is 0.906. The minimum absolute atomic E-state index is 0.0761. The molecular weight excluding hydrogens is 298 g/mol. The molecule has 0 spiro atoms. The molecule has 1 aliphatic carbocycles. The van der Waals surface area contributed by atoms with Crippen molar-refractivity contribution in [2.24, 2.45) is 5.92 Å². The van der Waals surface area contributed by atoms with Crippen LogP contribution in [0.4, 0.5) is 0 Å². The van der Waals surface area contributed by atoms with Crippen LogP contribution in [0, 0.1) is 12.8 Å². The Morgan fingerprint density at radius 3 is 2.59 bits per heavy atom. The summed E-state index contributed by atoms with van der Waals surface area (Å²) in [5.74, 6) is -0.443. The standard InChI is InChI=1S/C17H25NO3S/c1-13-7-3-5-9-15(13)11-22(20,21)12-17(19)18-16-10-6-4-8-14(16)2/h3,5,7,9,14,16H,4,6,8,10-12H2,1-2H3,(H,18,19). The maximum Gasteiger partial charge on any atom is 0.235 e. The van der Waals surface area contributed by atoms with Crippen molar-refractivity contribution in [2.75, 3.05) is 5.75 Å². The Balaban J connectivity index is 1.93. The lowest BCUT2D eigenvalue weighted by molar-refractivity contribution is -0.119. The third kappa shape index (κ3) is 4.83. The summed E-state index contributed by atoms with van der Waals surface area (Å²) in [6, 6.07) is 7.50. The van der Waals surface area contributed by atoms with Crippen LogP contribution in [0.25, 0.3) is 0 Å². The van der Waals surface area contributed by atoms with E-state index in [-0.39, 0.29) is 17.7 Å². The molecule has 1 amide bonds. The maximum atomic E-state index is 12.2. The summed E-state index contributed by atoms with van der Waals surface area (Å²) in [7, 11) is -3.44. The first-order valence-corrected chi connectivity index (χ1v) is 9.74. The number of nitrogens with one attached hydrogen (secondary N) is 1. The monoisotopic (exact) mass is 323 g/mol. The van der Waals surface area contributed by atoms with Gasteiger partial charge in [0.15, 0.2) is 9.84 Å². The smallest absolute Gasteiger partial charge is 0.235 e. The number of amides is 1. The molecule has 4 nitrogen and oxygen atoms in total. The van der Waals surface area contributed by atoms with Gasteiger partial charge in [-0.05, 0) is 36.8 Å². The number of hydrogen-bond donors (Lipinski definition) is 1. The molecule has 1 aliphatic rings. The summed E-state index contributed by atoms with van der Waals surface area (Å²) in [4.78, 5) is 12.1. The van der Waals surface area contributed by atoms with Gasteiger partial charge in [-0.1, -0.05) is 44.0 Å². The van der Waals surface area contributed by atoms with Crippen LogP contribution in [-0.2, 0) is 20.4 Å². The number of carbonyl (C=O) groups is 1. The highest BCUT2D eigenvalue weighted by Crippen LogP contribution is 2.23. The molecule has 0 radical (unpaired) electrons. The Hall–Kier alpha value is -1.36. The molecule has 2 atom stereocenters. The molecule has 122 valence electrons. The SMILES string of the molecule is Cc1ccccc1CS(=O)(=O)CC(=O)NC1CCCCC1C. The Morgan fingerprint density at radius 1 is 1.23 bits per heavy atom. The zero-order valence-electron chi connectivity index (χ0n) is 13.3. The van der Waals surface area contributed by atoms with E-state index in [9.17, 15) is 13.2 Å². The molecule has 0 aliphatic heterocycles. The Kier molecular flexibility index (Phi) is 5.62. The number of carbonyl (C=O) groups excluding carboxylic acids is 1. The van der Waals surface area contributed by atoms with Crippen LogP contribution in [0.5, 0.6) is 0 Å². The van der Waals surface area contributed by atoms with Crippen molar-refractivity contribution < 1.29 is 13.2 Å². The number of rotatable bonds is 5. The van der Waals surface area contributed by atoms with Gasteiger partial charge in [-0.2, -0.15) is 0 Å². The van der Waals surface area contributed by atoms with E-state index in [0.717, 1.165) is 30.4 Å². The van der Waals surface area contributed by atoms with Crippen LogP contribution >= 0.6 is 0 Å². The van der Waals surface area contributed by atoms with E-state index in [1.807, 2.05) is 25.1 Å². The number of benzene rings is 1. The normalized spacial score (nSPS) is 22.3. The summed E-state index contributed by atoms with van der Waals surface area (Å²) in [5.41, 5.74) is 1.70. The minimum atomic E-state index is -3.44. The van der Waals surface area contributed by atoms with Crippen molar-refractivity contribution in [1.29, 1.82) is 0 Å². The van der Waals surface area contributed by atoms with Crippen LogP contribution in [0.1, 0.15) is 43.7 Å². The highest BCUT2D eigenvalue weighted by Gasteiger charge is 2.25. The topological polar surface area (TPSA) is 63.2 Å². The first-order chi connectivity index (χ1) is 10.4. The fourth-order valence-corrected chi connectivity index (χ4v) is 4.42. The number of sulfone groups is 1. The average molecular weight is 323 g/mol. The van der Waals surface area contributed by atoms with E-state index in [1.165, 1.54) is 6.42 Å². The van der Waals surface area contributed by atoms with Gasteiger partial charge >= 0.3 is 0 Å². The second-order valence-corrected chi connectivity index (χ2v) is 8.46. The fraction of sp³-hybridized carbons (Fsp3) is 0.588. The molecule has 22 heavy (non-hydrogen) atoms. The van der Waals surface area contributed by atoms with Gasteiger partial charge in [0.1, 0.15) is 5.75 Å². The van der Waals surface area contributed by atoms with Gasteiger partial charge < -0.3 is 5.32 Å². The lowest BCUT2D eigenvalue weighted by atomic mass is 9.86. The van der Waals surface area contributed by atoms with Crippen molar-refractivity contribution in [3.05, 3.63) is 35.4 Å². The first kappa shape index (κ1) is 17.0. The van der Waals surface area contributed by atoms with Gasteiger partial charge in [0.2, 0.25) is 5.91 Å². The van der Waals surface area contributed by atoms with Crippen LogP contribution in [0.3, 0.4) is 0 Å². The summed E-state index contributed by atoms with van der Waals surface area (Å²) < 4.78 is 24.4. The molecule has 5 heteroatoms. The highest BCUT2D eigenvalue weighted by molar-refractivity contribution is 7.91. The van der Waals surface area contributed by atoms with E-state index in [4.69, 9.17) is 0 Å². The van der Waals surface area contributed by atoms with Crippen LogP contribution < -0.4 is 5.32 Å². The van der Waals surface area contributed by atoms with Crippen molar-refractivity contribution in [3.63, 3.8) is 0 Å². The Labute approximate surface area is 133 Å². The highest BCUT2D eigenvalue weighted by atomic mass is 32.2. The van der Waals surface area contributed by atoms with Gasteiger partial charge in [-0.15, -0.1) is 0 Å². The van der Waals surface area contributed by atoms with Crippen LogP contribution in [0.15, 0.2) is 24.3 Å². The second-order valence-electron chi connectivity index (χ2n) is 6.39. The van der Waals surface area contributed by atoms with E-state index in [0.29, 0.717) is 5.92 Å². The largest absolute Gasteiger partial charge is 0.352 e. The third-order valence-electron chi connectivity index (χ3n) is 4.45. The molecule has 1 aromatic rings. The molecule has 1 aromatic carbocycles. The van der Waals surface area contributed by atoms with E-state index in [1.54, 1.807) is 6.07 Å². The first-order valence-electron chi connectivity index (χ1n) is 7.92. The molecule has 0 aromatic heterocycles. The number of hydrogen-bond acceptors (Lipinski definition) is 3. The van der Waals surface area contributed by atoms with E-state index < -0.39 is 15.6 Å². The van der Waals surface area contributed by atoms with Gasteiger partial charge in [-0.25, -0.2) is 8.42 Å². The van der Waals surface area contributed by atoms with Gasteiger partial charge in [0.25, 0.3) is 0 Å². The zero-order valence-corrected chi connectivity index (χ0v) is 14.2. The Morgan fingerprint density at radius 2 is 1.91 bits per heavy atom. The van der Waals surface area contributed by atoms with Crippen molar-refractivity contribution >= 4 is 15.7 Å². The lowest BCUT2D eigenvalue weighted by Gasteiger charge is -2.29. The second kappa shape index (κ2) is 7.27. The maximum absolute atomic E-state index is 12.2. The minimum Gasteiger partial charge on any atom is -0.352 e. The predicted molar refractivity (Wildman–Crippen MR) is 88.2 cm³/mol. The van der Waals surface area contributed by atoms with Crippen LogP contribution in [0.2, 0.25) is 0 Å². The van der Waals surface area contributed by atoms with E-state index >= 15 is 0 Å². The summed E-state index contributed by atoms with van der Waals surface area (Å²) in [6.07, 6.45) is 4.34. The number of aryl methyl sites for hydroxylation is 1. The molecule has 0 bridgehead atoms. The molecule has 1 fully saturated rings. The average Bonchev–Trinajstić information content (AvgIpc) is 2.43. The molecule has 2 unspecified atom stereocenters. The Bertz CT molecular complexity index is 625.